The second-order valence-corrected chi connectivity index (χ2v) is 5.54. The first kappa shape index (κ1) is 15.2. The lowest BCUT2D eigenvalue weighted by atomic mass is 10.2. The molecule has 2 rings (SSSR count). The van der Waals surface area contributed by atoms with Crippen molar-refractivity contribution in [2.45, 2.75) is 13.8 Å². The molecule has 0 saturated heterocycles. The van der Waals surface area contributed by atoms with Gasteiger partial charge in [-0.3, -0.25) is 4.79 Å². The molecule has 110 valence electrons. The highest BCUT2D eigenvalue weighted by molar-refractivity contribution is 7.16. The number of nitrogens with one attached hydrogen (secondary N) is 1. The molecule has 21 heavy (non-hydrogen) atoms. The molecule has 0 radical (unpaired) electrons. The SMILES string of the molecule is CCOC(=O)c1cc(C)sc1NC(=O)c1ccc(F)cc1. The summed E-state index contributed by atoms with van der Waals surface area (Å²) < 4.78 is 17.8. The maximum Gasteiger partial charge on any atom is 0.341 e. The van der Waals surface area contributed by atoms with E-state index in [1.165, 1.54) is 35.6 Å². The number of ether oxygens (including phenoxy) is 1. The fourth-order valence-corrected chi connectivity index (χ4v) is 2.64. The van der Waals surface area contributed by atoms with Crippen LogP contribution in [0.4, 0.5) is 9.39 Å². The molecular formula is C15H14FNO3S. The summed E-state index contributed by atoms with van der Waals surface area (Å²) in [5.41, 5.74) is 0.645. The zero-order chi connectivity index (χ0) is 15.4. The Kier molecular flexibility index (Phi) is 4.70. The van der Waals surface area contributed by atoms with Crippen molar-refractivity contribution in [3.63, 3.8) is 0 Å². The Morgan fingerprint density at radius 2 is 1.95 bits per heavy atom. The number of anilines is 1. The molecule has 0 aliphatic carbocycles. The first-order valence-electron chi connectivity index (χ1n) is 6.35. The van der Waals surface area contributed by atoms with Gasteiger partial charge in [0.05, 0.1) is 12.2 Å². The van der Waals surface area contributed by atoms with Crippen molar-refractivity contribution in [3.05, 3.63) is 52.2 Å². The molecule has 0 bridgehead atoms. The summed E-state index contributed by atoms with van der Waals surface area (Å²) in [5, 5.41) is 3.09. The number of thiophene rings is 1. The maximum absolute atomic E-state index is 12.8. The van der Waals surface area contributed by atoms with Crippen LogP contribution in [0.15, 0.2) is 30.3 Å². The molecule has 0 unspecified atom stereocenters. The van der Waals surface area contributed by atoms with Crippen molar-refractivity contribution in [1.29, 1.82) is 0 Å². The van der Waals surface area contributed by atoms with Gasteiger partial charge in [0.15, 0.2) is 0 Å². The van der Waals surface area contributed by atoms with Gasteiger partial charge in [-0.2, -0.15) is 0 Å². The number of rotatable bonds is 4. The Bertz CT molecular complexity index is 664. The average molecular weight is 307 g/mol. The quantitative estimate of drug-likeness (QED) is 0.878. The normalized spacial score (nSPS) is 10.2. The number of hydrogen-bond acceptors (Lipinski definition) is 4. The minimum atomic E-state index is -0.476. The van der Waals surface area contributed by atoms with Crippen LogP contribution in [0.25, 0.3) is 0 Å². The van der Waals surface area contributed by atoms with Crippen LogP contribution in [0.2, 0.25) is 0 Å². The number of esters is 1. The van der Waals surface area contributed by atoms with Crippen LogP contribution >= 0.6 is 11.3 Å². The second kappa shape index (κ2) is 6.49. The van der Waals surface area contributed by atoms with Crippen molar-refractivity contribution in [2.24, 2.45) is 0 Å². The van der Waals surface area contributed by atoms with E-state index in [-0.39, 0.29) is 6.61 Å². The molecule has 0 aliphatic heterocycles. The molecule has 1 aromatic carbocycles. The Balaban J connectivity index is 2.21. The number of carbonyl (C=O) groups is 2. The number of carbonyl (C=O) groups excluding carboxylic acids is 2. The smallest absolute Gasteiger partial charge is 0.341 e. The van der Waals surface area contributed by atoms with E-state index in [1.807, 2.05) is 6.92 Å². The predicted octanol–water partition coefficient (Wildman–Crippen LogP) is 3.62. The Morgan fingerprint density at radius 3 is 2.57 bits per heavy atom. The Morgan fingerprint density at radius 1 is 1.29 bits per heavy atom. The molecule has 0 atom stereocenters. The van der Waals surface area contributed by atoms with Crippen LogP contribution < -0.4 is 5.32 Å². The standard InChI is InChI=1S/C15H14FNO3S/c1-3-20-15(19)12-8-9(2)21-14(12)17-13(18)10-4-6-11(16)7-5-10/h4-8H,3H2,1-2H3,(H,17,18). The van der Waals surface area contributed by atoms with Crippen molar-refractivity contribution >= 4 is 28.2 Å². The second-order valence-electron chi connectivity index (χ2n) is 4.28. The minimum Gasteiger partial charge on any atom is -0.462 e. The van der Waals surface area contributed by atoms with Crippen molar-refractivity contribution in [2.75, 3.05) is 11.9 Å². The first-order chi connectivity index (χ1) is 10.0. The molecule has 4 nitrogen and oxygen atoms in total. The van der Waals surface area contributed by atoms with Gasteiger partial charge in [-0.15, -0.1) is 11.3 Å². The molecule has 1 heterocycles. The van der Waals surface area contributed by atoms with Crippen LogP contribution in [-0.4, -0.2) is 18.5 Å². The first-order valence-corrected chi connectivity index (χ1v) is 7.17. The van der Waals surface area contributed by atoms with Crippen LogP contribution in [0.5, 0.6) is 0 Å². The van der Waals surface area contributed by atoms with Crippen molar-refractivity contribution < 1.29 is 18.7 Å². The van der Waals surface area contributed by atoms with E-state index in [1.54, 1.807) is 13.0 Å². The van der Waals surface area contributed by atoms with Gasteiger partial charge in [-0.05, 0) is 44.2 Å². The minimum absolute atomic E-state index is 0.263. The van der Waals surface area contributed by atoms with Gasteiger partial charge < -0.3 is 10.1 Å². The zero-order valence-electron chi connectivity index (χ0n) is 11.6. The third kappa shape index (κ3) is 3.66. The molecule has 2 aromatic rings. The monoisotopic (exact) mass is 307 g/mol. The number of aryl methyl sites for hydroxylation is 1. The molecule has 6 heteroatoms. The van der Waals surface area contributed by atoms with E-state index < -0.39 is 17.7 Å². The van der Waals surface area contributed by atoms with Gasteiger partial charge in [-0.25, -0.2) is 9.18 Å². The van der Waals surface area contributed by atoms with Gasteiger partial charge in [-0.1, -0.05) is 0 Å². The molecule has 0 saturated carbocycles. The topological polar surface area (TPSA) is 55.4 Å². The third-order valence-corrected chi connectivity index (χ3v) is 3.65. The van der Waals surface area contributed by atoms with E-state index in [4.69, 9.17) is 4.74 Å². The summed E-state index contributed by atoms with van der Waals surface area (Å²) in [6.07, 6.45) is 0. The fourth-order valence-electron chi connectivity index (χ4n) is 1.74. The lowest BCUT2D eigenvalue weighted by Crippen LogP contribution is -2.14. The van der Waals surface area contributed by atoms with Gasteiger partial charge in [0.1, 0.15) is 10.8 Å². The predicted molar refractivity (Wildman–Crippen MR) is 79.4 cm³/mol. The van der Waals surface area contributed by atoms with Crippen molar-refractivity contribution in [3.8, 4) is 0 Å². The molecule has 1 aromatic heterocycles. The third-order valence-electron chi connectivity index (χ3n) is 2.68. The molecule has 0 spiro atoms. The molecule has 0 fully saturated rings. The Labute approximate surface area is 125 Å². The van der Waals surface area contributed by atoms with Crippen LogP contribution in [0.3, 0.4) is 0 Å². The molecule has 0 aliphatic rings. The van der Waals surface area contributed by atoms with E-state index in [0.717, 1.165) is 4.88 Å². The maximum atomic E-state index is 12.8. The summed E-state index contributed by atoms with van der Waals surface area (Å²) in [7, 11) is 0. The van der Waals surface area contributed by atoms with E-state index in [2.05, 4.69) is 5.32 Å². The fraction of sp³-hybridized carbons (Fsp3) is 0.200. The number of halogens is 1. The highest BCUT2D eigenvalue weighted by Gasteiger charge is 2.18. The van der Waals surface area contributed by atoms with Crippen molar-refractivity contribution in [1.82, 2.24) is 0 Å². The van der Waals surface area contributed by atoms with Gasteiger partial charge >= 0.3 is 5.97 Å². The molecule has 1 N–H and O–H groups in total. The van der Waals surface area contributed by atoms with Gasteiger partial charge in [0.25, 0.3) is 5.91 Å². The number of benzene rings is 1. The highest BCUT2D eigenvalue weighted by atomic mass is 32.1. The Hall–Kier alpha value is -2.21. The zero-order valence-corrected chi connectivity index (χ0v) is 12.4. The van der Waals surface area contributed by atoms with Gasteiger partial charge in [0, 0.05) is 10.4 Å². The lowest BCUT2D eigenvalue weighted by molar-refractivity contribution is 0.0528. The average Bonchev–Trinajstić information content (AvgIpc) is 2.80. The van der Waals surface area contributed by atoms with Crippen LogP contribution in [0.1, 0.15) is 32.5 Å². The summed E-state index contributed by atoms with van der Waals surface area (Å²) in [4.78, 5) is 24.8. The number of hydrogen-bond donors (Lipinski definition) is 1. The van der Waals surface area contributed by atoms with E-state index in [0.29, 0.717) is 16.1 Å². The summed E-state index contributed by atoms with van der Waals surface area (Å²) in [6, 6.07) is 6.86. The van der Waals surface area contributed by atoms with Crippen LogP contribution in [-0.2, 0) is 4.74 Å². The summed E-state index contributed by atoms with van der Waals surface area (Å²) in [6.45, 7) is 3.81. The highest BCUT2D eigenvalue weighted by Crippen LogP contribution is 2.28. The van der Waals surface area contributed by atoms with Gasteiger partial charge in [0.2, 0.25) is 0 Å². The van der Waals surface area contributed by atoms with E-state index >= 15 is 0 Å². The number of amides is 1. The lowest BCUT2D eigenvalue weighted by Gasteiger charge is -2.06. The largest absolute Gasteiger partial charge is 0.462 e. The molecular weight excluding hydrogens is 293 g/mol. The summed E-state index contributed by atoms with van der Waals surface area (Å²) >= 11 is 1.29. The summed E-state index contributed by atoms with van der Waals surface area (Å²) in [5.74, 6) is -1.29. The molecule has 1 amide bonds. The van der Waals surface area contributed by atoms with E-state index in [9.17, 15) is 14.0 Å². The van der Waals surface area contributed by atoms with Crippen LogP contribution in [0, 0.1) is 12.7 Å².